The molecule has 3 aromatic carbocycles. The molecule has 5 heteroatoms. The minimum atomic E-state index is -0.238. The second kappa shape index (κ2) is 10.2. The molecule has 0 bridgehead atoms. The highest BCUT2D eigenvalue weighted by atomic mass is 16.5. The van der Waals surface area contributed by atoms with E-state index in [2.05, 4.69) is 11.9 Å². The average molecular weight is 403 g/mol. The number of aryl methyl sites for hydroxylation is 1. The van der Waals surface area contributed by atoms with E-state index in [-0.39, 0.29) is 5.91 Å². The summed E-state index contributed by atoms with van der Waals surface area (Å²) in [6, 6.07) is 20.1. The molecule has 154 valence electrons. The number of anilines is 1. The Morgan fingerprint density at radius 3 is 2.23 bits per heavy atom. The highest BCUT2D eigenvalue weighted by Crippen LogP contribution is 2.29. The predicted molar refractivity (Wildman–Crippen MR) is 119 cm³/mol. The predicted octanol–water partition coefficient (Wildman–Crippen LogP) is 6.00. The molecule has 0 saturated carbocycles. The Balaban J connectivity index is 1.66. The summed E-state index contributed by atoms with van der Waals surface area (Å²) in [7, 11) is 0. The highest BCUT2D eigenvalue weighted by Gasteiger charge is 2.12. The SMILES string of the molecule is C=CCOc1ccc(C(=O)Nc2ccc(Oc3ccc(C)cc3)cc2)cc1OCC. The lowest BCUT2D eigenvalue weighted by Crippen LogP contribution is -2.12. The summed E-state index contributed by atoms with van der Waals surface area (Å²) in [4.78, 5) is 12.6. The molecule has 5 nitrogen and oxygen atoms in total. The third-order valence-electron chi connectivity index (χ3n) is 4.23. The van der Waals surface area contributed by atoms with Crippen molar-refractivity contribution in [1.82, 2.24) is 0 Å². The van der Waals surface area contributed by atoms with E-state index in [4.69, 9.17) is 14.2 Å². The molecule has 0 aliphatic heterocycles. The van der Waals surface area contributed by atoms with Gasteiger partial charge in [-0.1, -0.05) is 30.4 Å². The van der Waals surface area contributed by atoms with Crippen molar-refractivity contribution in [3.63, 3.8) is 0 Å². The largest absolute Gasteiger partial charge is 0.490 e. The molecule has 0 aliphatic rings. The first-order chi connectivity index (χ1) is 14.6. The molecule has 0 aromatic heterocycles. The van der Waals surface area contributed by atoms with Crippen molar-refractivity contribution in [2.75, 3.05) is 18.5 Å². The summed E-state index contributed by atoms with van der Waals surface area (Å²) in [6.45, 7) is 8.38. The normalized spacial score (nSPS) is 10.2. The fourth-order valence-electron chi connectivity index (χ4n) is 2.74. The summed E-state index contributed by atoms with van der Waals surface area (Å²) < 4.78 is 17.0. The van der Waals surface area contributed by atoms with Crippen LogP contribution in [0.4, 0.5) is 5.69 Å². The number of carbonyl (C=O) groups is 1. The van der Waals surface area contributed by atoms with Gasteiger partial charge >= 0.3 is 0 Å². The molecule has 3 aromatic rings. The van der Waals surface area contributed by atoms with Crippen LogP contribution in [0.2, 0.25) is 0 Å². The molecular weight excluding hydrogens is 378 g/mol. The first kappa shape index (κ1) is 21.0. The maximum atomic E-state index is 12.6. The Morgan fingerprint density at radius 2 is 1.60 bits per heavy atom. The molecule has 1 N–H and O–H groups in total. The van der Waals surface area contributed by atoms with Crippen molar-refractivity contribution in [1.29, 1.82) is 0 Å². The van der Waals surface area contributed by atoms with Crippen LogP contribution in [0.15, 0.2) is 79.4 Å². The topological polar surface area (TPSA) is 56.8 Å². The molecule has 0 heterocycles. The van der Waals surface area contributed by atoms with Crippen molar-refractivity contribution >= 4 is 11.6 Å². The second-order valence-corrected chi connectivity index (χ2v) is 6.59. The van der Waals surface area contributed by atoms with Crippen LogP contribution >= 0.6 is 0 Å². The third-order valence-corrected chi connectivity index (χ3v) is 4.23. The quantitative estimate of drug-likeness (QED) is 0.445. The van der Waals surface area contributed by atoms with E-state index in [1.165, 1.54) is 5.56 Å². The van der Waals surface area contributed by atoms with Gasteiger partial charge in [0.25, 0.3) is 5.91 Å². The van der Waals surface area contributed by atoms with Crippen LogP contribution in [0, 0.1) is 6.92 Å². The van der Waals surface area contributed by atoms with Gasteiger partial charge in [0.15, 0.2) is 11.5 Å². The van der Waals surface area contributed by atoms with Crippen LogP contribution in [-0.4, -0.2) is 19.1 Å². The van der Waals surface area contributed by atoms with Gasteiger partial charge in [-0.25, -0.2) is 0 Å². The van der Waals surface area contributed by atoms with Gasteiger partial charge in [0, 0.05) is 11.3 Å². The summed E-state index contributed by atoms with van der Waals surface area (Å²) in [5, 5.41) is 2.88. The zero-order valence-corrected chi connectivity index (χ0v) is 17.2. The summed E-state index contributed by atoms with van der Waals surface area (Å²) in [5.41, 5.74) is 2.32. The van der Waals surface area contributed by atoms with Gasteiger partial charge < -0.3 is 19.5 Å². The Kier molecular flexibility index (Phi) is 7.11. The Labute approximate surface area is 176 Å². The van der Waals surface area contributed by atoms with E-state index in [1.807, 2.05) is 50.2 Å². The monoisotopic (exact) mass is 403 g/mol. The van der Waals surface area contributed by atoms with E-state index < -0.39 is 0 Å². The number of ether oxygens (including phenoxy) is 3. The van der Waals surface area contributed by atoms with E-state index in [1.54, 1.807) is 36.4 Å². The number of hydrogen-bond acceptors (Lipinski definition) is 4. The van der Waals surface area contributed by atoms with Crippen LogP contribution < -0.4 is 19.5 Å². The van der Waals surface area contributed by atoms with Crippen molar-refractivity contribution < 1.29 is 19.0 Å². The van der Waals surface area contributed by atoms with Crippen molar-refractivity contribution in [2.45, 2.75) is 13.8 Å². The number of benzene rings is 3. The fraction of sp³-hybridized carbons (Fsp3) is 0.160. The van der Waals surface area contributed by atoms with E-state index >= 15 is 0 Å². The number of hydrogen-bond donors (Lipinski definition) is 1. The lowest BCUT2D eigenvalue weighted by molar-refractivity contribution is 0.102. The van der Waals surface area contributed by atoms with E-state index in [0.29, 0.717) is 41.7 Å². The minimum absolute atomic E-state index is 0.238. The lowest BCUT2D eigenvalue weighted by Gasteiger charge is -2.13. The zero-order chi connectivity index (χ0) is 21.3. The standard InChI is InChI=1S/C25H25NO4/c1-4-16-29-23-15-8-19(17-24(23)28-5-2)25(27)26-20-9-13-22(14-10-20)30-21-11-6-18(3)7-12-21/h4,6-15,17H,1,5,16H2,2-3H3,(H,26,27). The maximum absolute atomic E-state index is 12.6. The number of nitrogens with one attached hydrogen (secondary N) is 1. The van der Waals surface area contributed by atoms with Crippen LogP contribution in [0.1, 0.15) is 22.8 Å². The summed E-state index contributed by atoms with van der Waals surface area (Å²) in [5.74, 6) is 2.32. The second-order valence-electron chi connectivity index (χ2n) is 6.59. The van der Waals surface area contributed by atoms with E-state index in [9.17, 15) is 4.79 Å². The van der Waals surface area contributed by atoms with Gasteiger partial charge in [0.1, 0.15) is 18.1 Å². The van der Waals surface area contributed by atoms with Crippen LogP contribution in [0.5, 0.6) is 23.0 Å². The first-order valence-electron chi connectivity index (χ1n) is 9.75. The number of amides is 1. The highest BCUT2D eigenvalue weighted by molar-refractivity contribution is 6.04. The fourth-order valence-corrected chi connectivity index (χ4v) is 2.74. The van der Waals surface area contributed by atoms with Gasteiger partial charge in [-0.3, -0.25) is 4.79 Å². The van der Waals surface area contributed by atoms with Gasteiger partial charge in [0.2, 0.25) is 0 Å². The first-order valence-corrected chi connectivity index (χ1v) is 9.75. The molecule has 0 atom stereocenters. The zero-order valence-electron chi connectivity index (χ0n) is 17.2. The van der Waals surface area contributed by atoms with Gasteiger partial charge in [-0.2, -0.15) is 0 Å². The van der Waals surface area contributed by atoms with Crippen molar-refractivity contribution in [3.05, 3.63) is 90.5 Å². The minimum Gasteiger partial charge on any atom is -0.490 e. The Morgan fingerprint density at radius 1 is 0.933 bits per heavy atom. The summed E-state index contributed by atoms with van der Waals surface area (Å²) >= 11 is 0. The Hall–Kier alpha value is -3.73. The van der Waals surface area contributed by atoms with E-state index in [0.717, 1.165) is 5.75 Å². The number of carbonyl (C=O) groups excluding carboxylic acids is 1. The average Bonchev–Trinajstić information content (AvgIpc) is 2.76. The van der Waals surface area contributed by atoms with Crippen LogP contribution in [0.25, 0.3) is 0 Å². The molecule has 1 amide bonds. The smallest absolute Gasteiger partial charge is 0.255 e. The molecule has 3 rings (SSSR count). The molecular formula is C25H25NO4. The molecule has 0 saturated heterocycles. The molecule has 0 fully saturated rings. The third kappa shape index (κ3) is 5.64. The molecule has 0 spiro atoms. The van der Waals surface area contributed by atoms with Crippen LogP contribution in [0.3, 0.4) is 0 Å². The molecule has 30 heavy (non-hydrogen) atoms. The molecule has 0 radical (unpaired) electrons. The Bertz CT molecular complexity index is 995. The van der Waals surface area contributed by atoms with Crippen LogP contribution in [-0.2, 0) is 0 Å². The maximum Gasteiger partial charge on any atom is 0.255 e. The van der Waals surface area contributed by atoms with Crippen molar-refractivity contribution in [2.24, 2.45) is 0 Å². The summed E-state index contributed by atoms with van der Waals surface area (Å²) in [6.07, 6.45) is 1.66. The lowest BCUT2D eigenvalue weighted by atomic mass is 10.1. The molecule has 0 aliphatic carbocycles. The number of rotatable bonds is 9. The molecule has 0 unspecified atom stereocenters. The van der Waals surface area contributed by atoms with Gasteiger partial charge in [0.05, 0.1) is 6.61 Å². The van der Waals surface area contributed by atoms with Gasteiger partial charge in [-0.15, -0.1) is 0 Å². The van der Waals surface area contributed by atoms with Gasteiger partial charge in [-0.05, 0) is 68.4 Å². The van der Waals surface area contributed by atoms with Crippen molar-refractivity contribution in [3.8, 4) is 23.0 Å².